The predicted octanol–water partition coefficient (Wildman–Crippen LogP) is 4.68. The summed E-state index contributed by atoms with van der Waals surface area (Å²) < 4.78 is 0. The highest BCUT2D eigenvalue weighted by Crippen LogP contribution is 2.27. The standard InChI is InChI=1S/C15H30O/c1-2-3-4-9-12-15(16)13-14-10-7-5-6-8-11-14/h14-16H,2-13H2,1H3. The lowest BCUT2D eigenvalue weighted by atomic mass is 9.92. The van der Waals surface area contributed by atoms with Crippen molar-refractivity contribution in [1.82, 2.24) is 0 Å². The summed E-state index contributed by atoms with van der Waals surface area (Å²) in [6.45, 7) is 2.24. The summed E-state index contributed by atoms with van der Waals surface area (Å²) in [6, 6.07) is 0. The Hall–Kier alpha value is -0.0400. The number of hydrogen-bond acceptors (Lipinski definition) is 1. The molecular weight excluding hydrogens is 196 g/mol. The van der Waals surface area contributed by atoms with Crippen LogP contribution in [0.4, 0.5) is 0 Å². The minimum atomic E-state index is -0.0139. The fourth-order valence-electron chi connectivity index (χ4n) is 2.91. The monoisotopic (exact) mass is 226 g/mol. The molecule has 1 aliphatic rings. The van der Waals surface area contributed by atoms with Gasteiger partial charge >= 0.3 is 0 Å². The predicted molar refractivity (Wildman–Crippen MR) is 70.6 cm³/mol. The summed E-state index contributed by atoms with van der Waals surface area (Å²) in [5.74, 6) is 0.823. The van der Waals surface area contributed by atoms with E-state index >= 15 is 0 Å². The summed E-state index contributed by atoms with van der Waals surface area (Å²) in [5, 5.41) is 9.99. The van der Waals surface area contributed by atoms with Gasteiger partial charge in [0.1, 0.15) is 0 Å². The van der Waals surface area contributed by atoms with E-state index in [9.17, 15) is 5.11 Å². The highest BCUT2D eigenvalue weighted by molar-refractivity contribution is 4.69. The van der Waals surface area contributed by atoms with Crippen molar-refractivity contribution in [2.45, 2.75) is 90.1 Å². The van der Waals surface area contributed by atoms with Gasteiger partial charge in [0, 0.05) is 0 Å². The van der Waals surface area contributed by atoms with Crippen molar-refractivity contribution >= 4 is 0 Å². The summed E-state index contributed by atoms with van der Waals surface area (Å²) in [6.07, 6.45) is 15.6. The molecule has 1 saturated carbocycles. The molecule has 96 valence electrons. The third kappa shape index (κ3) is 6.52. The van der Waals surface area contributed by atoms with E-state index in [4.69, 9.17) is 0 Å². The van der Waals surface area contributed by atoms with Gasteiger partial charge in [0.2, 0.25) is 0 Å². The second kappa shape index (κ2) is 9.04. The molecule has 0 aromatic heterocycles. The molecule has 1 aliphatic carbocycles. The second-order valence-corrected chi connectivity index (χ2v) is 5.60. The van der Waals surface area contributed by atoms with E-state index in [1.165, 1.54) is 64.2 Å². The molecule has 1 rings (SSSR count). The van der Waals surface area contributed by atoms with Crippen LogP contribution in [0.1, 0.15) is 84.0 Å². The topological polar surface area (TPSA) is 20.2 Å². The van der Waals surface area contributed by atoms with Crippen LogP contribution in [0.25, 0.3) is 0 Å². The molecule has 0 aromatic rings. The number of hydrogen-bond donors (Lipinski definition) is 1. The molecule has 0 aromatic carbocycles. The molecule has 0 amide bonds. The lowest BCUT2D eigenvalue weighted by Crippen LogP contribution is -2.13. The zero-order valence-corrected chi connectivity index (χ0v) is 11.1. The van der Waals surface area contributed by atoms with Crippen LogP contribution in [0.2, 0.25) is 0 Å². The summed E-state index contributed by atoms with van der Waals surface area (Å²) in [4.78, 5) is 0. The third-order valence-corrected chi connectivity index (χ3v) is 3.97. The summed E-state index contributed by atoms with van der Waals surface area (Å²) in [7, 11) is 0. The number of rotatable bonds is 7. The van der Waals surface area contributed by atoms with Gasteiger partial charge in [-0.3, -0.25) is 0 Å². The maximum atomic E-state index is 9.99. The van der Waals surface area contributed by atoms with Crippen molar-refractivity contribution in [3.63, 3.8) is 0 Å². The number of aliphatic hydroxyl groups excluding tert-OH is 1. The van der Waals surface area contributed by atoms with Gasteiger partial charge in [-0.15, -0.1) is 0 Å². The lowest BCUT2D eigenvalue weighted by Gasteiger charge is -2.18. The Morgan fingerprint density at radius 2 is 1.69 bits per heavy atom. The molecule has 1 nitrogen and oxygen atoms in total. The first-order valence-corrected chi connectivity index (χ1v) is 7.51. The molecule has 0 spiro atoms. The average Bonchev–Trinajstić information content (AvgIpc) is 2.53. The average molecular weight is 226 g/mol. The van der Waals surface area contributed by atoms with Crippen LogP contribution in [0.15, 0.2) is 0 Å². The van der Waals surface area contributed by atoms with Gasteiger partial charge in [0.05, 0.1) is 6.10 Å². The maximum absolute atomic E-state index is 9.99. The van der Waals surface area contributed by atoms with E-state index < -0.39 is 0 Å². The number of aliphatic hydroxyl groups is 1. The molecule has 0 heterocycles. The van der Waals surface area contributed by atoms with E-state index in [2.05, 4.69) is 6.92 Å². The van der Waals surface area contributed by atoms with Gasteiger partial charge in [-0.25, -0.2) is 0 Å². The van der Waals surface area contributed by atoms with Gasteiger partial charge in [-0.2, -0.15) is 0 Å². The normalized spacial score (nSPS) is 20.6. The molecule has 1 fully saturated rings. The molecule has 0 aliphatic heterocycles. The second-order valence-electron chi connectivity index (χ2n) is 5.60. The Labute approximate surface area is 102 Å². The van der Waals surface area contributed by atoms with Crippen LogP contribution < -0.4 is 0 Å². The molecule has 1 heteroatoms. The number of unbranched alkanes of at least 4 members (excludes halogenated alkanes) is 3. The van der Waals surface area contributed by atoms with Gasteiger partial charge < -0.3 is 5.11 Å². The van der Waals surface area contributed by atoms with E-state index in [-0.39, 0.29) is 6.10 Å². The smallest absolute Gasteiger partial charge is 0.0542 e. The maximum Gasteiger partial charge on any atom is 0.0542 e. The van der Waals surface area contributed by atoms with E-state index in [1.807, 2.05) is 0 Å². The Bertz CT molecular complexity index is 148. The Morgan fingerprint density at radius 3 is 2.31 bits per heavy atom. The minimum Gasteiger partial charge on any atom is -0.393 e. The molecule has 0 radical (unpaired) electrons. The van der Waals surface area contributed by atoms with Crippen LogP contribution in [-0.4, -0.2) is 11.2 Å². The van der Waals surface area contributed by atoms with Gasteiger partial charge in [0.15, 0.2) is 0 Å². The summed E-state index contributed by atoms with van der Waals surface area (Å²) in [5.41, 5.74) is 0. The summed E-state index contributed by atoms with van der Waals surface area (Å²) >= 11 is 0. The van der Waals surface area contributed by atoms with Crippen molar-refractivity contribution in [2.75, 3.05) is 0 Å². The molecule has 0 bridgehead atoms. The highest BCUT2D eigenvalue weighted by Gasteiger charge is 2.16. The van der Waals surface area contributed by atoms with Crippen LogP contribution >= 0.6 is 0 Å². The molecule has 1 N–H and O–H groups in total. The quantitative estimate of drug-likeness (QED) is 0.494. The third-order valence-electron chi connectivity index (χ3n) is 3.97. The van der Waals surface area contributed by atoms with Crippen LogP contribution in [0.3, 0.4) is 0 Å². The van der Waals surface area contributed by atoms with Crippen LogP contribution in [0.5, 0.6) is 0 Å². The van der Waals surface area contributed by atoms with Gasteiger partial charge in [0.25, 0.3) is 0 Å². The largest absolute Gasteiger partial charge is 0.393 e. The van der Waals surface area contributed by atoms with E-state index in [0.29, 0.717) is 0 Å². The Kier molecular flexibility index (Phi) is 7.92. The van der Waals surface area contributed by atoms with Crippen molar-refractivity contribution in [2.24, 2.45) is 5.92 Å². The lowest BCUT2D eigenvalue weighted by molar-refractivity contribution is 0.125. The molecule has 1 atom stereocenters. The Morgan fingerprint density at radius 1 is 1.00 bits per heavy atom. The zero-order valence-electron chi connectivity index (χ0n) is 11.1. The first-order chi connectivity index (χ1) is 7.83. The molecule has 16 heavy (non-hydrogen) atoms. The van der Waals surface area contributed by atoms with Gasteiger partial charge in [-0.05, 0) is 18.8 Å². The Balaban J connectivity index is 2.04. The van der Waals surface area contributed by atoms with Crippen molar-refractivity contribution in [3.05, 3.63) is 0 Å². The highest BCUT2D eigenvalue weighted by atomic mass is 16.3. The molecule has 0 saturated heterocycles. The SMILES string of the molecule is CCCCCCC(O)CC1CCCCCC1. The first kappa shape index (κ1) is 14.0. The first-order valence-electron chi connectivity index (χ1n) is 7.51. The fourth-order valence-corrected chi connectivity index (χ4v) is 2.91. The van der Waals surface area contributed by atoms with E-state index in [1.54, 1.807) is 0 Å². The minimum absolute atomic E-state index is 0.0139. The molecule has 1 unspecified atom stereocenters. The van der Waals surface area contributed by atoms with Crippen molar-refractivity contribution < 1.29 is 5.11 Å². The van der Waals surface area contributed by atoms with Crippen molar-refractivity contribution in [3.8, 4) is 0 Å². The zero-order chi connectivity index (χ0) is 11.6. The van der Waals surface area contributed by atoms with E-state index in [0.717, 1.165) is 18.8 Å². The van der Waals surface area contributed by atoms with Gasteiger partial charge in [-0.1, -0.05) is 71.1 Å². The van der Waals surface area contributed by atoms with Crippen LogP contribution in [-0.2, 0) is 0 Å². The fraction of sp³-hybridized carbons (Fsp3) is 1.00. The van der Waals surface area contributed by atoms with Crippen molar-refractivity contribution in [1.29, 1.82) is 0 Å². The van der Waals surface area contributed by atoms with Crippen LogP contribution in [0, 0.1) is 5.92 Å². The molecular formula is C15H30O.